The van der Waals surface area contributed by atoms with Gasteiger partial charge in [0.05, 0.1) is 4.47 Å². The molecular weight excluding hydrogens is 395 g/mol. The molecule has 0 aliphatic rings. The highest BCUT2D eigenvalue weighted by Gasteiger charge is 2.10. The molecule has 0 radical (unpaired) electrons. The molecule has 0 atom stereocenters. The van der Waals surface area contributed by atoms with Gasteiger partial charge in [0.1, 0.15) is 16.7 Å². The average molecular weight is 407 g/mol. The van der Waals surface area contributed by atoms with Crippen molar-refractivity contribution in [3.8, 4) is 11.6 Å². The summed E-state index contributed by atoms with van der Waals surface area (Å²) in [5, 5.41) is 0.377. The molecule has 100 valence electrons. The van der Waals surface area contributed by atoms with Gasteiger partial charge in [-0.2, -0.15) is 4.98 Å². The molecule has 2 aromatic rings. The van der Waals surface area contributed by atoms with Gasteiger partial charge in [-0.1, -0.05) is 41.4 Å². The summed E-state index contributed by atoms with van der Waals surface area (Å²) < 4.78 is 7.54. The molecule has 0 saturated carbocycles. The number of nitrogens with zero attached hydrogens (tertiary/aromatic N) is 2. The Labute approximate surface area is 133 Å². The third kappa shape index (κ3) is 3.91. The summed E-state index contributed by atoms with van der Waals surface area (Å²) in [6.45, 7) is 4.01. The summed E-state index contributed by atoms with van der Waals surface area (Å²) in [5.41, 5.74) is 0. The van der Waals surface area contributed by atoms with Crippen LogP contribution in [-0.2, 0) is 0 Å². The molecule has 1 aromatic heterocycles. The zero-order valence-corrected chi connectivity index (χ0v) is 14.3. The van der Waals surface area contributed by atoms with Crippen molar-refractivity contribution in [2.45, 2.75) is 19.8 Å². The van der Waals surface area contributed by atoms with Crippen molar-refractivity contribution in [1.82, 2.24) is 9.97 Å². The van der Waals surface area contributed by atoms with Crippen LogP contribution < -0.4 is 4.74 Å². The molecule has 1 aromatic carbocycles. The van der Waals surface area contributed by atoms with E-state index in [0.29, 0.717) is 22.6 Å². The smallest absolute Gasteiger partial charge is 0.224 e. The molecule has 0 aliphatic carbocycles. The molecule has 0 amide bonds. The molecule has 19 heavy (non-hydrogen) atoms. The van der Waals surface area contributed by atoms with Crippen molar-refractivity contribution in [2.75, 3.05) is 0 Å². The molecule has 1 heterocycles. The minimum Gasteiger partial charge on any atom is -0.438 e. The second-order valence-corrected chi connectivity index (χ2v) is 6.38. The third-order valence-corrected chi connectivity index (χ3v) is 3.62. The first kappa shape index (κ1) is 14.8. The summed E-state index contributed by atoms with van der Waals surface area (Å²) in [4.78, 5) is 8.51. The number of hydrogen-bond donors (Lipinski definition) is 0. The lowest BCUT2D eigenvalue weighted by Gasteiger charge is -2.10. The second-order valence-electron chi connectivity index (χ2n) is 4.22. The molecule has 0 aliphatic heterocycles. The lowest BCUT2D eigenvalue weighted by atomic mass is 10.2. The quantitative estimate of drug-likeness (QED) is 0.625. The normalized spacial score (nSPS) is 10.8. The Morgan fingerprint density at radius 2 is 1.89 bits per heavy atom. The monoisotopic (exact) mass is 404 g/mol. The first-order chi connectivity index (χ1) is 8.95. The van der Waals surface area contributed by atoms with E-state index in [1.54, 1.807) is 6.07 Å². The predicted molar refractivity (Wildman–Crippen MR) is 83.0 cm³/mol. The van der Waals surface area contributed by atoms with Gasteiger partial charge in [0.25, 0.3) is 0 Å². The summed E-state index contributed by atoms with van der Waals surface area (Å²) in [6.07, 6.45) is 0. The fraction of sp³-hybridized carbons (Fsp3) is 0.231. The Bertz CT molecular complexity index is 605. The summed E-state index contributed by atoms with van der Waals surface area (Å²) in [5.74, 6) is 1.96. The van der Waals surface area contributed by atoms with E-state index >= 15 is 0 Å². The van der Waals surface area contributed by atoms with Crippen LogP contribution >= 0.6 is 43.5 Å². The highest BCUT2D eigenvalue weighted by atomic mass is 79.9. The Hall–Kier alpha value is -0.650. The Kier molecular flexibility index (Phi) is 4.81. The molecule has 3 nitrogen and oxygen atoms in total. The maximum Gasteiger partial charge on any atom is 0.224 e. The predicted octanol–water partition coefficient (Wildman–Crippen LogP) is 5.57. The van der Waals surface area contributed by atoms with Crippen LogP contribution in [0.1, 0.15) is 25.6 Å². The number of halogens is 3. The highest BCUT2D eigenvalue weighted by molar-refractivity contribution is 9.11. The van der Waals surface area contributed by atoms with Gasteiger partial charge in [-0.3, -0.25) is 0 Å². The number of aromatic nitrogens is 2. The van der Waals surface area contributed by atoms with Crippen LogP contribution in [0.3, 0.4) is 0 Å². The topological polar surface area (TPSA) is 35.0 Å². The van der Waals surface area contributed by atoms with Gasteiger partial charge < -0.3 is 4.74 Å². The molecule has 0 saturated heterocycles. The van der Waals surface area contributed by atoms with Crippen LogP contribution in [0, 0.1) is 0 Å². The fourth-order valence-corrected chi connectivity index (χ4v) is 2.70. The van der Waals surface area contributed by atoms with E-state index in [4.69, 9.17) is 16.3 Å². The summed E-state index contributed by atoms with van der Waals surface area (Å²) in [6, 6.07) is 7.24. The van der Waals surface area contributed by atoms with Gasteiger partial charge in [0.2, 0.25) is 5.88 Å². The van der Waals surface area contributed by atoms with E-state index in [-0.39, 0.29) is 5.92 Å². The van der Waals surface area contributed by atoms with Crippen LogP contribution in [-0.4, -0.2) is 9.97 Å². The van der Waals surface area contributed by atoms with Gasteiger partial charge >= 0.3 is 0 Å². The minimum atomic E-state index is 0.189. The maximum atomic E-state index is 5.97. The Morgan fingerprint density at radius 3 is 2.53 bits per heavy atom. The number of benzene rings is 1. The van der Waals surface area contributed by atoms with Crippen molar-refractivity contribution in [2.24, 2.45) is 0 Å². The van der Waals surface area contributed by atoms with Gasteiger partial charge in [0, 0.05) is 16.5 Å². The lowest BCUT2D eigenvalue weighted by molar-refractivity contribution is 0.454. The molecule has 0 bridgehead atoms. The van der Waals surface area contributed by atoms with Crippen molar-refractivity contribution < 1.29 is 4.74 Å². The van der Waals surface area contributed by atoms with Crippen LogP contribution in [0.15, 0.2) is 33.2 Å². The van der Waals surface area contributed by atoms with E-state index < -0.39 is 0 Å². The van der Waals surface area contributed by atoms with Crippen molar-refractivity contribution in [3.63, 3.8) is 0 Å². The van der Waals surface area contributed by atoms with E-state index in [2.05, 4.69) is 41.8 Å². The van der Waals surface area contributed by atoms with E-state index in [0.717, 1.165) is 8.95 Å². The molecular formula is C13H11Br2ClN2O. The summed E-state index contributed by atoms with van der Waals surface area (Å²) >= 11 is 12.8. The number of rotatable bonds is 3. The largest absolute Gasteiger partial charge is 0.438 e. The number of hydrogen-bond acceptors (Lipinski definition) is 3. The van der Waals surface area contributed by atoms with Gasteiger partial charge in [-0.25, -0.2) is 4.98 Å². The average Bonchev–Trinajstić information content (AvgIpc) is 2.32. The van der Waals surface area contributed by atoms with Crippen LogP contribution in [0.5, 0.6) is 11.6 Å². The first-order valence-corrected chi connectivity index (χ1v) is 7.59. The standard InChI is InChI=1S/C13H11Br2ClN2O/c1-7(2)13-17-11(16)6-12(18-13)19-10-4-3-8(14)5-9(10)15/h3-7H,1-2H3. The molecule has 0 fully saturated rings. The SMILES string of the molecule is CC(C)c1nc(Cl)cc(Oc2ccc(Br)cc2Br)n1. The fourth-order valence-electron chi connectivity index (χ4n) is 1.39. The second kappa shape index (κ2) is 6.20. The molecule has 0 N–H and O–H groups in total. The number of ether oxygens (including phenoxy) is 1. The van der Waals surface area contributed by atoms with Crippen molar-refractivity contribution >= 4 is 43.5 Å². The van der Waals surface area contributed by atoms with Gasteiger partial charge in [-0.15, -0.1) is 0 Å². The van der Waals surface area contributed by atoms with Crippen LogP contribution in [0.25, 0.3) is 0 Å². The molecule has 2 rings (SSSR count). The summed E-state index contributed by atoms with van der Waals surface area (Å²) in [7, 11) is 0. The van der Waals surface area contributed by atoms with E-state index in [1.807, 2.05) is 32.0 Å². The van der Waals surface area contributed by atoms with Crippen molar-refractivity contribution in [1.29, 1.82) is 0 Å². The first-order valence-electron chi connectivity index (χ1n) is 5.63. The highest BCUT2D eigenvalue weighted by Crippen LogP contribution is 2.32. The zero-order valence-electron chi connectivity index (χ0n) is 10.3. The van der Waals surface area contributed by atoms with E-state index in [9.17, 15) is 0 Å². The van der Waals surface area contributed by atoms with Crippen molar-refractivity contribution in [3.05, 3.63) is 44.2 Å². The zero-order chi connectivity index (χ0) is 14.0. The lowest BCUT2D eigenvalue weighted by Crippen LogP contribution is -2.00. The maximum absolute atomic E-state index is 5.97. The molecule has 0 unspecified atom stereocenters. The Balaban J connectivity index is 2.32. The van der Waals surface area contributed by atoms with Gasteiger partial charge in [-0.05, 0) is 34.1 Å². The Morgan fingerprint density at radius 1 is 1.16 bits per heavy atom. The van der Waals surface area contributed by atoms with Crippen LogP contribution in [0.4, 0.5) is 0 Å². The third-order valence-electron chi connectivity index (χ3n) is 2.31. The van der Waals surface area contributed by atoms with Crippen LogP contribution in [0.2, 0.25) is 5.15 Å². The minimum absolute atomic E-state index is 0.189. The molecule has 6 heteroatoms. The van der Waals surface area contributed by atoms with E-state index in [1.165, 1.54) is 0 Å². The molecule has 0 spiro atoms. The van der Waals surface area contributed by atoms with Gasteiger partial charge in [0.15, 0.2) is 0 Å².